The second-order valence-electron chi connectivity index (χ2n) is 4.86. The number of halogens is 1. The molecule has 0 fully saturated rings. The Hall–Kier alpha value is -0.580. The van der Waals surface area contributed by atoms with E-state index in [4.69, 9.17) is 17.3 Å². The standard InChI is InChI=1S/C13H21ClN2OS/c1-9(2)5-11(7-15)16-13(17)4-3-12-6-10(14)8-18-12/h6,8-9,11H,3-5,7,15H2,1-2H3,(H,16,17). The number of rotatable bonds is 7. The van der Waals surface area contributed by atoms with Gasteiger partial charge in [0.2, 0.25) is 5.91 Å². The van der Waals surface area contributed by atoms with Crippen molar-refractivity contribution in [1.82, 2.24) is 5.32 Å². The third kappa shape index (κ3) is 5.85. The van der Waals surface area contributed by atoms with E-state index in [1.807, 2.05) is 11.4 Å². The van der Waals surface area contributed by atoms with Crippen molar-refractivity contribution in [3.8, 4) is 0 Å². The van der Waals surface area contributed by atoms with Gasteiger partial charge in [-0.2, -0.15) is 0 Å². The normalized spacial score (nSPS) is 12.7. The van der Waals surface area contributed by atoms with Crippen molar-refractivity contribution in [2.24, 2.45) is 11.7 Å². The average molecular weight is 289 g/mol. The number of nitrogens with one attached hydrogen (secondary N) is 1. The Kier molecular flexibility index (Phi) is 6.68. The number of carbonyl (C=O) groups excluding carboxylic acids is 1. The maximum atomic E-state index is 11.8. The van der Waals surface area contributed by atoms with Gasteiger partial charge in [-0.15, -0.1) is 11.3 Å². The van der Waals surface area contributed by atoms with Crippen molar-refractivity contribution in [2.75, 3.05) is 6.54 Å². The van der Waals surface area contributed by atoms with Crippen LogP contribution in [0.15, 0.2) is 11.4 Å². The number of thiophene rings is 1. The van der Waals surface area contributed by atoms with E-state index in [9.17, 15) is 4.79 Å². The lowest BCUT2D eigenvalue weighted by Crippen LogP contribution is -2.41. The van der Waals surface area contributed by atoms with Crippen molar-refractivity contribution in [2.45, 2.75) is 39.2 Å². The van der Waals surface area contributed by atoms with Gasteiger partial charge in [0.1, 0.15) is 0 Å². The maximum Gasteiger partial charge on any atom is 0.220 e. The average Bonchev–Trinajstić information content (AvgIpc) is 2.71. The first-order chi connectivity index (χ1) is 8.51. The molecule has 1 unspecified atom stereocenters. The maximum absolute atomic E-state index is 11.8. The molecular formula is C13H21ClN2OS. The Bertz CT molecular complexity index is 379. The van der Waals surface area contributed by atoms with Crippen LogP contribution in [-0.4, -0.2) is 18.5 Å². The van der Waals surface area contributed by atoms with E-state index in [1.165, 1.54) is 0 Å². The summed E-state index contributed by atoms with van der Waals surface area (Å²) in [4.78, 5) is 12.9. The van der Waals surface area contributed by atoms with Gasteiger partial charge in [0.25, 0.3) is 0 Å². The van der Waals surface area contributed by atoms with Gasteiger partial charge in [-0.1, -0.05) is 25.4 Å². The fraction of sp³-hybridized carbons (Fsp3) is 0.615. The minimum Gasteiger partial charge on any atom is -0.352 e. The molecule has 1 atom stereocenters. The first-order valence-corrected chi connectivity index (χ1v) is 7.49. The summed E-state index contributed by atoms with van der Waals surface area (Å²) in [5, 5.41) is 5.61. The van der Waals surface area contributed by atoms with E-state index in [-0.39, 0.29) is 11.9 Å². The van der Waals surface area contributed by atoms with Gasteiger partial charge in [0.15, 0.2) is 0 Å². The van der Waals surface area contributed by atoms with Crippen LogP contribution in [0.2, 0.25) is 5.02 Å². The molecule has 0 aliphatic heterocycles. The van der Waals surface area contributed by atoms with E-state index in [0.717, 1.165) is 22.7 Å². The Morgan fingerprint density at radius 1 is 1.56 bits per heavy atom. The first-order valence-electron chi connectivity index (χ1n) is 6.23. The fourth-order valence-corrected chi connectivity index (χ4v) is 2.88. The molecule has 0 aromatic carbocycles. The number of carbonyl (C=O) groups is 1. The van der Waals surface area contributed by atoms with Crippen molar-refractivity contribution < 1.29 is 4.79 Å². The molecule has 0 spiro atoms. The summed E-state index contributed by atoms with van der Waals surface area (Å²) < 4.78 is 0. The van der Waals surface area contributed by atoms with Crippen LogP contribution in [-0.2, 0) is 11.2 Å². The smallest absolute Gasteiger partial charge is 0.220 e. The summed E-state index contributed by atoms with van der Waals surface area (Å²) in [5.74, 6) is 0.602. The third-order valence-corrected chi connectivity index (χ3v) is 3.97. The Labute approximate surface area is 118 Å². The molecular weight excluding hydrogens is 268 g/mol. The van der Waals surface area contributed by atoms with E-state index >= 15 is 0 Å². The van der Waals surface area contributed by atoms with E-state index in [0.29, 0.717) is 18.9 Å². The van der Waals surface area contributed by atoms with E-state index < -0.39 is 0 Å². The molecule has 0 saturated carbocycles. The summed E-state index contributed by atoms with van der Waals surface area (Å²) in [5.41, 5.74) is 5.65. The Morgan fingerprint density at radius 3 is 2.78 bits per heavy atom. The summed E-state index contributed by atoms with van der Waals surface area (Å²) in [6.07, 6.45) is 2.15. The minimum absolute atomic E-state index is 0.0654. The van der Waals surface area contributed by atoms with Crippen LogP contribution >= 0.6 is 22.9 Å². The molecule has 0 saturated heterocycles. The molecule has 1 amide bonds. The van der Waals surface area contributed by atoms with Crippen LogP contribution in [0.3, 0.4) is 0 Å². The van der Waals surface area contributed by atoms with Gasteiger partial charge >= 0.3 is 0 Å². The summed E-state index contributed by atoms with van der Waals surface area (Å²) in [6.45, 7) is 4.75. The second-order valence-corrected chi connectivity index (χ2v) is 6.29. The van der Waals surface area contributed by atoms with Gasteiger partial charge in [-0.05, 0) is 24.8 Å². The quantitative estimate of drug-likeness (QED) is 0.811. The number of hydrogen-bond acceptors (Lipinski definition) is 3. The van der Waals surface area contributed by atoms with Crippen molar-refractivity contribution in [3.05, 3.63) is 21.3 Å². The largest absolute Gasteiger partial charge is 0.352 e. The van der Waals surface area contributed by atoms with Crippen LogP contribution in [0.4, 0.5) is 0 Å². The lowest BCUT2D eigenvalue weighted by Gasteiger charge is -2.18. The fourth-order valence-electron chi connectivity index (χ4n) is 1.80. The molecule has 1 aromatic heterocycles. The SMILES string of the molecule is CC(C)CC(CN)NC(=O)CCc1cc(Cl)cs1. The monoisotopic (exact) mass is 288 g/mol. The minimum atomic E-state index is 0.0654. The van der Waals surface area contributed by atoms with Gasteiger partial charge in [-0.3, -0.25) is 4.79 Å². The summed E-state index contributed by atoms with van der Waals surface area (Å²) in [6, 6.07) is 2.00. The molecule has 0 bridgehead atoms. The van der Waals surface area contributed by atoms with Gasteiger partial charge in [0, 0.05) is 29.3 Å². The van der Waals surface area contributed by atoms with Crippen molar-refractivity contribution >= 4 is 28.8 Å². The molecule has 18 heavy (non-hydrogen) atoms. The van der Waals surface area contributed by atoms with Crippen LogP contribution in [0.1, 0.15) is 31.6 Å². The van der Waals surface area contributed by atoms with Gasteiger partial charge < -0.3 is 11.1 Å². The van der Waals surface area contributed by atoms with Crippen LogP contribution in [0.5, 0.6) is 0 Å². The molecule has 5 heteroatoms. The summed E-state index contributed by atoms with van der Waals surface area (Å²) in [7, 11) is 0. The van der Waals surface area contributed by atoms with Crippen molar-refractivity contribution in [1.29, 1.82) is 0 Å². The first kappa shape index (κ1) is 15.5. The number of aryl methyl sites for hydroxylation is 1. The highest BCUT2D eigenvalue weighted by Crippen LogP contribution is 2.20. The van der Waals surface area contributed by atoms with Crippen LogP contribution in [0, 0.1) is 5.92 Å². The molecule has 3 nitrogen and oxygen atoms in total. The predicted molar refractivity (Wildman–Crippen MR) is 78.1 cm³/mol. The van der Waals surface area contributed by atoms with Gasteiger partial charge in [-0.25, -0.2) is 0 Å². The van der Waals surface area contributed by atoms with Crippen LogP contribution in [0.25, 0.3) is 0 Å². The topological polar surface area (TPSA) is 55.1 Å². The molecule has 0 aliphatic carbocycles. The highest BCUT2D eigenvalue weighted by atomic mass is 35.5. The lowest BCUT2D eigenvalue weighted by molar-refractivity contribution is -0.121. The zero-order valence-electron chi connectivity index (χ0n) is 10.9. The number of nitrogens with two attached hydrogens (primary N) is 1. The molecule has 1 aromatic rings. The zero-order chi connectivity index (χ0) is 13.5. The number of amides is 1. The van der Waals surface area contributed by atoms with E-state index in [1.54, 1.807) is 11.3 Å². The van der Waals surface area contributed by atoms with E-state index in [2.05, 4.69) is 19.2 Å². The number of hydrogen-bond donors (Lipinski definition) is 2. The predicted octanol–water partition coefficient (Wildman–Crippen LogP) is 2.82. The third-order valence-electron chi connectivity index (χ3n) is 2.63. The lowest BCUT2D eigenvalue weighted by atomic mass is 10.0. The Morgan fingerprint density at radius 2 is 2.28 bits per heavy atom. The Balaban J connectivity index is 2.32. The highest BCUT2D eigenvalue weighted by molar-refractivity contribution is 7.10. The van der Waals surface area contributed by atoms with Crippen molar-refractivity contribution in [3.63, 3.8) is 0 Å². The second kappa shape index (κ2) is 7.77. The van der Waals surface area contributed by atoms with Gasteiger partial charge in [0.05, 0.1) is 5.02 Å². The molecule has 1 heterocycles. The highest BCUT2D eigenvalue weighted by Gasteiger charge is 2.12. The summed E-state index contributed by atoms with van der Waals surface area (Å²) >= 11 is 7.42. The molecule has 102 valence electrons. The zero-order valence-corrected chi connectivity index (χ0v) is 12.5. The van der Waals surface area contributed by atoms with Crippen LogP contribution < -0.4 is 11.1 Å². The molecule has 0 radical (unpaired) electrons. The molecule has 1 rings (SSSR count). The molecule has 3 N–H and O–H groups in total. The molecule has 0 aliphatic rings.